The van der Waals surface area contributed by atoms with Gasteiger partial charge in [0.25, 0.3) is 0 Å². The van der Waals surface area contributed by atoms with Gasteiger partial charge in [-0.2, -0.15) is 0 Å². The Labute approximate surface area is 121 Å². The summed E-state index contributed by atoms with van der Waals surface area (Å²) in [5.74, 6) is 2.70. The third kappa shape index (κ3) is 4.44. The predicted molar refractivity (Wildman–Crippen MR) is 83.5 cm³/mol. The number of aryl methyl sites for hydroxylation is 1. The molecule has 1 aliphatic rings. The van der Waals surface area contributed by atoms with Crippen molar-refractivity contribution in [3.8, 4) is 5.75 Å². The van der Waals surface area contributed by atoms with Gasteiger partial charge in [0.1, 0.15) is 5.75 Å². The van der Waals surface area contributed by atoms with Gasteiger partial charge in [0.05, 0.1) is 7.11 Å². The van der Waals surface area contributed by atoms with Crippen LogP contribution < -0.4 is 15.4 Å². The molecule has 0 spiro atoms. The molecule has 0 atom stereocenters. The van der Waals surface area contributed by atoms with Crippen molar-refractivity contribution in [3.05, 3.63) is 29.3 Å². The molecule has 0 amide bonds. The standard InChI is InChI=1S/C16H25N3O/c1-12-4-7-15(20-3)14(10-12)8-9-18-16(17-2)19-11-13-5-6-13/h4,7,10,13H,5-6,8-9,11H2,1-3H3,(H2,17,18,19). The van der Waals surface area contributed by atoms with E-state index in [1.807, 2.05) is 13.1 Å². The Morgan fingerprint density at radius 1 is 1.35 bits per heavy atom. The summed E-state index contributed by atoms with van der Waals surface area (Å²) in [6.07, 6.45) is 3.63. The maximum Gasteiger partial charge on any atom is 0.190 e. The summed E-state index contributed by atoms with van der Waals surface area (Å²) in [7, 11) is 3.53. The van der Waals surface area contributed by atoms with Crippen LogP contribution in [0.25, 0.3) is 0 Å². The highest BCUT2D eigenvalue weighted by Crippen LogP contribution is 2.27. The number of methoxy groups -OCH3 is 1. The minimum Gasteiger partial charge on any atom is -0.496 e. The maximum atomic E-state index is 5.40. The van der Waals surface area contributed by atoms with Crippen LogP contribution in [0.4, 0.5) is 0 Å². The number of ether oxygens (including phenoxy) is 1. The van der Waals surface area contributed by atoms with Gasteiger partial charge in [-0.15, -0.1) is 0 Å². The Morgan fingerprint density at radius 3 is 2.80 bits per heavy atom. The van der Waals surface area contributed by atoms with Crippen molar-refractivity contribution >= 4 is 5.96 Å². The van der Waals surface area contributed by atoms with Crippen LogP contribution in [0.15, 0.2) is 23.2 Å². The van der Waals surface area contributed by atoms with E-state index in [9.17, 15) is 0 Å². The number of guanidine groups is 1. The van der Waals surface area contributed by atoms with Crippen LogP contribution in [-0.4, -0.2) is 33.2 Å². The van der Waals surface area contributed by atoms with Gasteiger partial charge in [-0.05, 0) is 43.7 Å². The monoisotopic (exact) mass is 275 g/mol. The van der Waals surface area contributed by atoms with Crippen LogP contribution in [0.5, 0.6) is 5.75 Å². The van der Waals surface area contributed by atoms with Crippen molar-refractivity contribution in [1.82, 2.24) is 10.6 Å². The molecule has 1 fully saturated rings. The smallest absolute Gasteiger partial charge is 0.190 e. The Balaban J connectivity index is 1.80. The lowest BCUT2D eigenvalue weighted by molar-refractivity contribution is 0.409. The average Bonchev–Trinajstić information content (AvgIpc) is 3.27. The van der Waals surface area contributed by atoms with Gasteiger partial charge in [0.15, 0.2) is 5.96 Å². The summed E-state index contributed by atoms with van der Waals surface area (Å²) in [5, 5.41) is 6.72. The maximum absolute atomic E-state index is 5.40. The summed E-state index contributed by atoms with van der Waals surface area (Å²) in [5.41, 5.74) is 2.50. The number of benzene rings is 1. The summed E-state index contributed by atoms with van der Waals surface area (Å²) in [6.45, 7) is 3.99. The molecule has 20 heavy (non-hydrogen) atoms. The van der Waals surface area contributed by atoms with Gasteiger partial charge in [-0.1, -0.05) is 17.7 Å². The van der Waals surface area contributed by atoms with Crippen LogP contribution in [0, 0.1) is 12.8 Å². The number of hydrogen-bond acceptors (Lipinski definition) is 2. The summed E-state index contributed by atoms with van der Waals surface area (Å²) in [4.78, 5) is 4.24. The lowest BCUT2D eigenvalue weighted by Crippen LogP contribution is -2.39. The normalized spacial score (nSPS) is 15.1. The van der Waals surface area contributed by atoms with Crippen molar-refractivity contribution in [3.63, 3.8) is 0 Å². The topological polar surface area (TPSA) is 45.7 Å². The number of rotatable bonds is 6. The molecule has 1 aromatic rings. The minimum atomic E-state index is 0.851. The molecule has 0 radical (unpaired) electrons. The van der Waals surface area contributed by atoms with E-state index in [0.29, 0.717) is 0 Å². The fraction of sp³-hybridized carbons (Fsp3) is 0.562. The average molecular weight is 275 g/mol. The molecule has 0 unspecified atom stereocenters. The molecule has 2 rings (SSSR count). The van der Waals surface area contributed by atoms with Crippen LogP contribution in [0.2, 0.25) is 0 Å². The zero-order valence-electron chi connectivity index (χ0n) is 12.7. The molecule has 1 aliphatic carbocycles. The second kappa shape index (κ2) is 7.17. The van der Waals surface area contributed by atoms with E-state index in [1.54, 1.807) is 7.11 Å². The minimum absolute atomic E-state index is 0.851. The molecule has 0 heterocycles. The van der Waals surface area contributed by atoms with E-state index in [0.717, 1.165) is 37.1 Å². The van der Waals surface area contributed by atoms with Gasteiger partial charge in [0.2, 0.25) is 0 Å². The van der Waals surface area contributed by atoms with Crippen molar-refractivity contribution in [2.24, 2.45) is 10.9 Å². The zero-order chi connectivity index (χ0) is 14.4. The third-order valence-electron chi connectivity index (χ3n) is 3.60. The van der Waals surface area contributed by atoms with Gasteiger partial charge in [0, 0.05) is 20.1 Å². The van der Waals surface area contributed by atoms with E-state index in [-0.39, 0.29) is 0 Å². The Kier molecular flexibility index (Phi) is 5.27. The number of nitrogens with one attached hydrogen (secondary N) is 2. The van der Waals surface area contributed by atoms with Crippen molar-refractivity contribution in [2.75, 3.05) is 27.2 Å². The molecular weight excluding hydrogens is 250 g/mol. The zero-order valence-corrected chi connectivity index (χ0v) is 12.7. The second-order valence-electron chi connectivity index (χ2n) is 5.39. The summed E-state index contributed by atoms with van der Waals surface area (Å²) >= 11 is 0. The first-order valence-corrected chi connectivity index (χ1v) is 7.31. The first-order valence-electron chi connectivity index (χ1n) is 7.31. The van der Waals surface area contributed by atoms with E-state index in [2.05, 4.69) is 34.7 Å². The molecule has 4 nitrogen and oxygen atoms in total. The lowest BCUT2D eigenvalue weighted by atomic mass is 10.1. The molecule has 0 aromatic heterocycles. The number of nitrogens with zero attached hydrogens (tertiary/aromatic N) is 1. The first-order chi connectivity index (χ1) is 9.72. The molecule has 0 bridgehead atoms. The van der Waals surface area contributed by atoms with Gasteiger partial charge in [-0.3, -0.25) is 4.99 Å². The van der Waals surface area contributed by atoms with Crippen LogP contribution in [0.3, 0.4) is 0 Å². The van der Waals surface area contributed by atoms with E-state index >= 15 is 0 Å². The Morgan fingerprint density at radius 2 is 2.15 bits per heavy atom. The van der Waals surface area contributed by atoms with Crippen molar-refractivity contribution in [2.45, 2.75) is 26.2 Å². The van der Waals surface area contributed by atoms with Gasteiger partial charge < -0.3 is 15.4 Å². The number of hydrogen-bond donors (Lipinski definition) is 2. The highest BCUT2D eigenvalue weighted by molar-refractivity contribution is 5.79. The van der Waals surface area contributed by atoms with Crippen LogP contribution in [0.1, 0.15) is 24.0 Å². The van der Waals surface area contributed by atoms with E-state index in [4.69, 9.17) is 4.74 Å². The number of aliphatic imine (C=N–C) groups is 1. The first kappa shape index (κ1) is 14.7. The van der Waals surface area contributed by atoms with E-state index < -0.39 is 0 Å². The molecule has 0 aliphatic heterocycles. The fourth-order valence-electron chi connectivity index (χ4n) is 2.20. The molecule has 110 valence electrons. The molecule has 0 saturated heterocycles. The van der Waals surface area contributed by atoms with Gasteiger partial charge >= 0.3 is 0 Å². The molecular formula is C16H25N3O. The lowest BCUT2D eigenvalue weighted by Gasteiger charge is -2.13. The van der Waals surface area contributed by atoms with E-state index in [1.165, 1.54) is 24.0 Å². The fourth-order valence-corrected chi connectivity index (χ4v) is 2.20. The van der Waals surface area contributed by atoms with Crippen molar-refractivity contribution in [1.29, 1.82) is 0 Å². The highest BCUT2D eigenvalue weighted by Gasteiger charge is 2.20. The second-order valence-corrected chi connectivity index (χ2v) is 5.39. The van der Waals surface area contributed by atoms with Crippen molar-refractivity contribution < 1.29 is 4.74 Å². The SMILES string of the molecule is CN=C(NCCc1cc(C)ccc1OC)NCC1CC1. The molecule has 4 heteroatoms. The summed E-state index contributed by atoms with van der Waals surface area (Å²) in [6, 6.07) is 6.29. The Bertz CT molecular complexity index is 467. The summed E-state index contributed by atoms with van der Waals surface area (Å²) < 4.78 is 5.40. The molecule has 2 N–H and O–H groups in total. The third-order valence-corrected chi connectivity index (χ3v) is 3.60. The quantitative estimate of drug-likeness (QED) is 0.617. The molecule has 1 saturated carbocycles. The molecule has 1 aromatic carbocycles. The van der Waals surface area contributed by atoms with Crippen LogP contribution >= 0.6 is 0 Å². The largest absolute Gasteiger partial charge is 0.496 e. The predicted octanol–water partition coefficient (Wildman–Crippen LogP) is 2.12. The van der Waals surface area contributed by atoms with Gasteiger partial charge in [-0.25, -0.2) is 0 Å². The Hall–Kier alpha value is -1.71. The highest BCUT2D eigenvalue weighted by atomic mass is 16.5. The van der Waals surface area contributed by atoms with Crippen LogP contribution in [-0.2, 0) is 6.42 Å².